The van der Waals surface area contributed by atoms with Crippen molar-refractivity contribution >= 4 is 10.8 Å². The maximum absolute atomic E-state index is 6.24. The Morgan fingerprint density at radius 1 is 1.21 bits per heavy atom. The molecule has 0 saturated carbocycles. The number of hydrogen-bond acceptors (Lipinski definition) is 4. The molecule has 0 bridgehead atoms. The fraction of sp³-hybridized carbons (Fsp3) is 0.400. The van der Waals surface area contributed by atoms with E-state index in [1.807, 2.05) is 24.4 Å². The minimum absolute atomic E-state index is 0.0198. The van der Waals surface area contributed by atoms with Crippen LogP contribution in [0, 0.1) is 0 Å². The van der Waals surface area contributed by atoms with Crippen molar-refractivity contribution in [3.8, 4) is 0 Å². The lowest BCUT2D eigenvalue weighted by atomic mass is 9.99. The number of ether oxygens (including phenoxy) is 2. The van der Waals surface area contributed by atoms with Crippen molar-refractivity contribution in [1.82, 2.24) is 4.98 Å². The van der Waals surface area contributed by atoms with Crippen LogP contribution in [0.1, 0.15) is 18.0 Å². The van der Waals surface area contributed by atoms with Crippen LogP contribution in [-0.4, -0.2) is 31.9 Å². The van der Waals surface area contributed by atoms with Crippen molar-refractivity contribution in [2.45, 2.75) is 12.5 Å². The van der Waals surface area contributed by atoms with Crippen LogP contribution in [0.2, 0.25) is 0 Å². The van der Waals surface area contributed by atoms with Gasteiger partial charge in [0.1, 0.15) is 0 Å². The molecule has 0 spiro atoms. The summed E-state index contributed by atoms with van der Waals surface area (Å²) in [7, 11) is 1.67. The molecule has 4 heteroatoms. The van der Waals surface area contributed by atoms with Crippen LogP contribution < -0.4 is 5.73 Å². The van der Waals surface area contributed by atoms with Crippen molar-refractivity contribution in [3.63, 3.8) is 0 Å². The predicted molar refractivity (Wildman–Crippen MR) is 76.0 cm³/mol. The van der Waals surface area contributed by atoms with Crippen molar-refractivity contribution < 1.29 is 9.47 Å². The number of methoxy groups -OCH3 is 1. The lowest BCUT2D eigenvalue weighted by Crippen LogP contribution is -2.14. The summed E-state index contributed by atoms with van der Waals surface area (Å²) in [6.45, 7) is 1.88. The topological polar surface area (TPSA) is 57.4 Å². The normalized spacial score (nSPS) is 12.7. The quantitative estimate of drug-likeness (QED) is 0.776. The van der Waals surface area contributed by atoms with Crippen molar-refractivity contribution in [2.24, 2.45) is 5.73 Å². The summed E-state index contributed by atoms with van der Waals surface area (Å²) in [5.74, 6) is 0. The van der Waals surface area contributed by atoms with E-state index in [0.29, 0.717) is 19.8 Å². The maximum Gasteiger partial charge on any atom is 0.0700 e. The number of nitrogens with two attached hydrogens (primary N) is 1. The van der Waals surface area contributed by atoms with E-state index in [1.54, 1.807) is 13.3 Å². The van der Waals surface area contributed by atoms with E-state index in [0.717, 1.165) is 17.4 Å². The highest BCUT2D eigenvalue weighted by Crippen LogP contribution is 2.23. The molecule has 2 rings (SSSR count). The van der Waals surface area contributed by atoms with Gasteiger partial charge in [-0.25, -0.2) is 0 Å². The molecule has 2 N–H and O–H groups in total. The first-order valence-corrected chi connectivity index (χ1v) is 6.48. The van der Waals surface area contributed by atoms with Gasteiger partial charge in [0.25, 0.3) is 0 Å². The number of aromatic nitrogens is 1. The molecule has 0 amide bonds. The molecule has 1 atom stereocenters. The lowest BCUT2D eigenvalue weighted by molar-refractivity contribution is 0.0672. The van der Waals surface area contributed by atoms with Crippen molar-refractivity contribution in [1.29, 1.82) is 0 Å². The Hall–Kier alpha value is -1.49. The molecule has 4 nitrogen and oxygen atoms in total. The summed E-state index contributed by atoms with van der Waals surface area (Å²) in [6.07, 6.45) is 4.46. The van der Waals surface area contributed by atoms with Crippen LogP contribution in [0.15, 0.2) is 36.7 Å². The fourth-order valence-corrected chi connectivity index (χ4v) is 2.08. The first kappa shape index (κ1) is 13.9. The molecule has 19 heavy (non-hydrogen) atoms. The number of rotatable bonds is 7. The van der Waals surface area contributed by atoms with E-state index in [1.165, 1.54) is 5.39 Å². The molecule has 1 unspecified atom stereocenters. The SMILES string of the molecule is COCCOCCC(N)c1cccc2cnccc12. The summed E-state index contributed by atoms with van der Waals surface area (Å²) < 4.78 is 10.4. The van der Waals surface area contributed by atoms with Gasteiger partial charge in [0, 0.05) is 37.5 Å². The lowest BCUT2D eigenvalue weighted by Gasteiger charge is -2.14. The summed E-state index contributed by atoms with van der Waals surface area (Å²) in [5, 5.41) is 2.29. The van der Waals surface area contributed by atoms with Gasteiger partial charge in [0.05, 0.1) is 13.2 Å². The van der Waals surface area contributed by atoms with E-state index < -0.39 is 0 Å². The minimum Gasteiger partial charge on any atom is -0.382 e. The number of fused-ring (bicyclic) bond motifs is 1. The van der Waals surface area contributed by atoms with Gasteiger partial charge in [-0.05, 0) is 23.4 Å². The van der Waals surface area contributed by atoms with Gasteiger partial charge in [0.15, 0.2) is 0 Å². The second-order valence-corrected chi connectivity index (χ2v) is 4.44. The molecule has 0 aliphatic heterocycles. The van der Waals surface area contributed by atoms with Crippen LogP contribution in [0.25, 0.3) is 10.8 Å². The highest BCUT2D eigenvalue weighted by Gasteiger charge is 2.09. The molecule has 2 aromatic rings. The second kappa shape index (κ2) is 7.19. The second-order valence-electron chi connectivity index (χ2n) is 4.44. The molecular formula is C15H20N2O2. The first-order chi connectivity index (χ1) is 9.33. The Kier molecular flexibility index (Phi) is 5.27. The van der Waals surface area contributed by atoms with Crippen LogP contribution in [0.3, 0.4) is 0 Å². The predicted octanol–water partition coefficient (Wildman–Crippen LogP) is 2.29. The first-order valence-electron chi connectivity index (χ1n) is 6.48. The zero-order valence-electron chi connectivity index (χ0n) is 11.2. The molecule has 1 aromatic heterocycles. The summed E-state index contributed by atoms with van der Waals surface area (Å²) in [5.41, 5.74) is 7.39. The maximum atomic E-state index is 6.24. The monoisotopic (exact) mass is 260 g/mol. The van der Waals surface area contributed by atoms with Gasteiger partial charge in [-0.2, -0.15) is 0 Å². The van der Waals surface area contributed by atoms with Crippen LogP contribution in [-0.2, 0) is 9.47 Å². The number of benzene rings is 1. The molecule has 1 heterocycles. The van der Waals surface area contributed by atoms with Gasteiger partial charge in [0.2, 0.25) is 0 Å². The molecule has 0 aliphatic rings. The van der Waals surface area contributed by atoms with E-state index in [9.17, 15) is 0 Å². The summed E-state index contributed by atoms with van der Waals surface area (Å²) in [4.78, 5) is 4.13. The van der Waals surface area contributed by atoms with E-state index >= 15 is 0 Å². The largest absolute Gasteiger partial charge is 0.382 e. The van der Waals surface area contributed by atoms with Crippen LogP contribution >= 0.6 is 0 Å². The van der Waals surface area contributed by atoms with Gasteiger partial charge in [-0.3, -0.25) is 4.98 Å². The molecule has 0 radical (unpaired) electrons. The standard InChI is InChI=1S/C15H20N2O2/c1-18-9-10-19-8-6-15(16)14-4-2-3-12-11-17-7-5-13(12)14/h2-5,7,11,15H,6,8-10,16H2,1H3. The molecule has 0 fully saturated rings. The number of nitrogens with zero attached hydrogens (tertiary/aromatic N) is 1. The van der Waals surface area contributed by atoms with Crippen molar-refractivity contribution in [3.05, 3.63) is 42.2 Å². The minimum atomic E-state index is -0.0198. The summed E-state index contributed by atoms with van der Waals surface area (Å²) >= 11 is 0. The third-order valence-electron chi connectivity index (χ3n) is 3.12. The van der Waals surface area contributed by atoms with Gasteiger partial charge < -0.3 is 15.2 Å². The highest BCUT2D eigenvalue weighted by atomic mass is 16.5. The van der Waals surface area contributed by atoms with Gasteiger partial charge >= 0.3 is 0 Å². The fourth-order valence-electron chi connectivity index (χ4n) is 2.08. The number of pyridine rings is 1. The molecule has 0 saturated heterocycles. The van der Waals surface area contributed by atoms with E-state index in [-0.39, 0.29) is 6.04 Å². The van der Waals surface area contributed by atoms with Crippen LogP contribution in [0.4, 0.5) is 0 Å². The average molecular weight is 260 g/mol. The smallest absolute Gasteiger partial charge is 0.0700 e. The third-order valence-corrected chi connectivity index (χ3v) is 3.12. The van der Waals surface area contributed by atoms with E-state index in [2.05, 4.69) is 11.1 Å². The average Bonchev–Trinajstić information content (AvgIpc) is 2.46. The Balaban J connectivity index is 1.99. The van der Waals surface area contributed by atoms with Gasteiger partial charge in [-0.1, -0.05) is 18.2 Å². The van der Waals surface area contributed by atoms with Crippen molar-refractivity contribution in [2.75, 3.05) is 26.9 Å². The Morgan fingerprint density at radius 3 is 2.95 bits per heavy atom. The molecule has 0 aliphatic carbocycles. The Labute approximate surface area is 113 Å². The zero-order valence-corrected chi connectivity index (χ0v) is 11.2. The Bertz CT molecular complexity index is 511. The van der Waals surface area contributed by atoms with Crippen LogP contribution in [0.5, 0.6) is 0 Å². The highest BCUT2D eigenvalue weighted by molar-refractivity contribution is 5.85. The summed E-state index contributed by atoms with van der Waals surface area (Å²) in [6, 6.07) is 8.13. The molecule has 1 aromatic carbocycles. The molecular weight excluding hydrogens is 240 g/mol. The zero-order chi connectivity index (χ0) is 13.5. The van der Waals surface area contributed by atoms with Gasteiger partial charge in [-0.15, -0.1) is 0 Å². The Morgan fingerprint density at radius 2 is 2.11 bits per heavy atom. The van der Waals surface area contributed by atoms with E-state index in [4.69, 9.17) is 15.2 Å². The third kappa shape index (κ3) is 3.73. The number of hydrogen-bond donors (Lipinski definition) is 1. The molecule has 102 valence electrons.